The minimum atomic E-state index is -0.0962. The molecule has 0 aromatic heterocycles. The Morgan fingerprint density at radius 1 is 1.14 bits per heavy atom. The van der Waals surface area contributed by atoms with Crippen LogP contribution in [-0.4, -0.2) is 78.4 Å². The fraction of sp³-hybridized carbons (Fsp3) is 0.867. The number of rotatable bonds is 6. The molecule has 1 unspecified atom stereocenters. The highest BCUT2D eigenvalue weighted by molar-refractivity contribution is 5.78. The van der Waals surface area contributed by atoms with Gasteiger partial charge in [-0.1, -0.05) is 0 Å². The van der Waals surface area contributed by atoms with Crippen molar-refractivity contribution in [3.8, 4) is 0 Å². The quantitative estimate of drug-likeness (QED) is 0.756. The van der Waals surface area contributed by atoms with Gasteiger partial charge in [-0.15, -0.1) is 0 Å². The zero-order chi connectivity index (χ0) is 15.8. The van der Waals surface area contributed by atoms with Gasteiger partial charge in [0.2, 0.25) is 11.8 Å². The highest BCUT2D eigenvalue weighted by Gasteiger charge is 2.22. The van der Waals surface area contributed by atoms with Crippen molar-refractivity contribution in [2.75, 3.05) is 45.8 Å². The summed E-state index contributed by atoms with van der Waals surface area (Å²) in [6.45, 7) is 10.9. The van der Waals surface area contributed by atoms with Crippen molar-refractivity contribution < 1.29 is 9.59 Å². The molecule has 6 nitrogen and oxygen atoms in total. The Hall–Kier alpha value is -1.14. The second-order valence-electron chi connectivity index (χ2n) is 5.76. The number of carbonyl (C=O) groups is 2. The first-order valence-electron chi connectivity index (χ1n) is 8.01. The van der Waals surface area contributed by atoms with Gasteiger partial charge in [0.15, 0.2) is 0 Å². The number of carbonyl (C=O) groups excluding carboxylic acids is 2. The van der Waals surface area contributed by atoms with Gasteiger partial charge in [0, 0.05) is 51.7 Å². The van der Waals surface area contributed by atoms with Crippen LogP contribution in [-0.2, 0) is 9.59 Å². The van der Waals surface area contributed by atoms with Gasteiger partial charge in [-0.2, -0.15) is 0 Å². The second kappa shape index (κ2) is 9.00. The van der Waals surface area contributed by atoms with E-state index in [0.29, 0.717) is 19.5 Å². The number of nitrogens with zero attached hydrogens (tertiary/aromatic N) is 3. The molecule has 2 amide bonds. The van der Waals surface area contributed by atoms with Crippen LogP contribution in [0.3, 0.4) is 0 Å². The lowest BCUT2D eigenvalue weighted by Crippen LogP contribution is -2.42. The molecule has 0 spiro atoms. The first-order chi connectivity index (χ1) is 9.97. The molecule has 1 aliphatic heterocycles. The van der Waals surface area contributed by atoms with Gasteiger partial charge in [0.05, 0.1) is 6.54 Å². The molecule has 122 valence electrons. The van der Waals surface area contributed by atoms with Crippen molar-refractivity contribution in [1.82, 2.24) is 14.7 Å². The molecule has 1 atom stereocenters. The third-order valence-corrected chi connectivity index (χ3v) is 3.91. The van der Waals surface area contributed by atoms with Gasteiger partial charge in [-0.25, -0.2) is 0 Å². The molecule has 0 aromatic carbocycles. The van der Waals surface area contributed by atoms with Crippen molar-refractivity contribution in [2.24, 2.45) is 5.73 Å². The molecule has 0 radical (unpaired) electrons. The largest absolute Gasteiger partial charge is 0.342 e. The van der Waals surface area contributed by atoms with Crippen LogP contribution in [0.4, 0.5) is 0 Å². The molecule has 0 bridgehead atoms. The molecule has 6 heteroatoms. The van der Waals surface area contributed by atoms with E-state index < -0.39 is 0 Å². The van der Waals surface area contributed by atoms with Crippen LogP contribution in [0.15, 0.2) is 0 Å². The monoisotopic (exact) mass is 298 g/mol. The number of nitrogens with two attached hydrogens (primary N) is 1. The summed E-state index contributed by atoms with van der Waals surface area (Å²) in [5.41, 5.74) is 5.69. The average Bonchev–Trinajstić information content (AvgIpc) is 2.65. The lowest BCUT2D eigenvalue weighted by molar-refractivity contribution is -0.132. The predicted octanol–water partition coefficient (Wildman–Crippen LogP) is 0.126. The molecule has 0 aromatic rings. The first kappa shape index (κ1) is 17.9. The number of amides is 2. The van der Waals surface area contributed by atoms with Crippen molar-refractivity contribution in [3.63, 3.8) is 0 Å². The normalized spacial score (nSPS) is 18.2. The molecule has 1 aliphatic rings. The summed E-state index contributed by atoms with van der Waals surface area (Å²) in [5.74, 6) is 0.303. The van der Waals surface area contributed by atoms with Gasteiger partial charge in [0.25, 0.3) is 0 Å². The van der Waals surface area contributed by atoms with E-state index in [4.69, 9.17) is 5.73 Å². The summed E-state index contributed by atoms with van der Waals surface area (Å²) in [6.07, 6.45) is 1.31. The smallest absolute Gasteiger partial charge is 0.236 e. The summed E-state index contributed by atoms with van der Waals surface area (Å²) in [5, 5.41) is 0. The third kappa shape index (κ3) is 6.01. The van der Waals surface area contributed by atoms with Gasteiger partial charge in [0.1, 0.15) is 0 Å². The van der Waals surface area contributed by atoms with Crippen LogP contribution >= 0.6 is 0 Å². The van der Waals surface area contributed by atoms with Gasteiger partial charge < -0.3 is 15.5 Å². The Labute approximate surface area is 128 Å². The average molecular weight is 298 g/mol. The molecule has 21 heavy (non-hydrogen) atoms. The maximum atomic E-state index is 12.1. The Morgan fingerprint density at radius 2 is 1.81 bits per heavy atom. The van der Waals surface area contributed by atoms with E-state index in [1.807, 2.05) is 30.6 Å². The molecule has 0 saturated carbocycles. The molecular formula is C15H30N4O2. The van der Waals surface area contributed by atoms with Crippen molar-refractivity contribution in [3.05, 3.63) is 0 Å². The maximum absolute atomic E-state index is 12.1. The van der Waals surface area contributed by atoms with Crippen molar-refractivity contribution in [1.29, 1.82) is 0 Å². The van der Waals surface area contributed by atoms with Gasteiger partial charge in [-0.3, -0.25) is 14.5 Å². The van der Waals surface area contributed by atoms with E-state index in [0.717, 1.165) is 39.1 Å². The molecule has 1 fully saturated rings. The Kier molecular flexibility index (Phi) is 7.67. The Bertz CT molecular complexity index is 343. The van der Waals surface area contributed by atoms with Crippen molar-refractivity contribution in [2.45, 2.75) is 39.7 Å². The third-order valence-electron chi connectivity index (χ3n) is 3.91. The molecule has 0 aliphatic carbocycles. The van der Waals surface area contributed by atoms with Crippen LogP contribution in [0, 0.1) is 0 Å². The minimum absolute atomic E-state index is 0.0962. The number of hydrogen-bond acceptors (Lipinski definition) is 4. The standard InChI is InChI=1S/C15H30N4O2/c1-4-18(5-2)15(21)12-17-7-6-8-19(10-9-17)14(20)11-13(3)16/h13H,4-12,16H2,1-3H3. The first-order valence-corrected chi connectivity index (χ1v) is 8.01. The van der Waals surface area contributed by atoms with E-state index in [2.05, 4.69) is 4.90 Å². The second-order valence-corrected chi connectivity index (χ2v) is 5.76. The Balaban J connectivity index is 2.45. The fourth-order valence-corrected chi connectivity index (χ4v) is 2.65. The van der Waals surface area contributed by atoms with E-state index in [-0.39, 0.29) is 17.9 Å². The number of hydrogen-bond donors (Lipinski definition) is 1. The minimum Gasteiger partial charge on any atom is -0.342 e. The summed E-state index contributed by atoms with van der Waals surface area (Å²) < 4.78 is 0. The van der Waals surface area contributed by atoms with Crippen molar-refractivity contribution >= 4 is 11.8 Å². The zero-order valence-electron chi connectivity index (χ0n) is 13.7. The maximum Gasteiger partial charge on any atom is 0.236 e. The van der Waals surface area contributed by atoms with E-state index in [9.17, 15) is 9.59 Å². The molecule has 1 rings (SSSR count). The van der Waals surface area contributed by atoms with Gasteiger partial charge >= 0.3 is 0 Å². The Morgan fingerprint density at radius 3 is 2.38 bits per heavy atom. The zero-order valence-corrected chi connectivity index (χ0v) is 13.7. The topological polar surface area (TPSA) is 69.9 Å². The number of likely N-dealkylation sites (N-methyl/N-ethyl adjacent to an activating group) is 1. The molecule has 1 heterocycles. The predicted molar refractivity (Wildman–Crippen MR) is 83.8 cm³/mol. The van der Waals surface area contributed by atoms with Gasteiger partial charge in [-0.05, 0) is 27.2 Å². The summed E-state index contributed by atoms with van der Waals surface area (Å²) in [7, 11) is 0. The van der Waals surface area contributed by atoms with Crippen LogP contribution in [0.2, 0.25) is 0 Å². The summed E-state index contributed by atoms with van der Waals surface area (Å²) in [6, 6.07) is -0.0962. The molecule has 2 N–H and O–H groups in total. The fourth-order valence-electron chi connectivity index (χ4n) is 2.65. The van der Waals surface area contributed by atoms with Crippen LogP contribution < -0.4 is 5.73 Å². The highest BCUT2D eigenvalue weighted by Crippen LogP contribution is 2.06. The SMILES string of the molecule is CCN(CC)C(=O)CN1CCCN(C(=O)CC(C)N)CC1. The summed E-state index contributed by atoms with van der Waals surface area (Å²) >= 11 is 0. The van der Waals surface area contributed by atoms with Crippen LogP contribution in [0.1, 0.15) is 33.6 Å². The van der Waals surface area contributed by atoms with E-state index in [1.54, 1.807) is 0 Å². The molecule has 1 saturated heterocycles. The highest BCUT2D eigenvalue weighted by atomic mass is 16.2. The van der Waals surface area contributed by atoms with E-state index in [1.165, 1.54) is 0 Å². The van der Waals surface area contributed by atoms with Crippen LogP contribution in [0.25, 0.3) is 0 Å². The lowest BCUT2D eigenvalue weighted by Gasteiger charge is -2.25. The van der Waals surface area contributed by atoms with Crippen LogP contribution in [0.5, 0.6) is 0 Å². The lowest BCUT2D eigenvalue weighted by atomic mass is 10.2. The molecular weight excluding hydrogens is 268 g/mol. The summed E-state index contributed by atoms with van der Waals surface area (Å²) in [4.78, 5) is 30.1. The van der Waals surface area contributed by atoms with E-state index >= 15 is 0 Å².